The van der Waals surface area contributed by atoms with Gasteiger partial charge in [-0.1, -0.05) is 40.9 Å². The molecule has 1 atom stereocenters. The second-order valence-corrected chi connectivity index (χ2v) is 9.41. The van der Waals surface area contributed by atoms with Crippen molar-refractivity contribution in [3.05, 3.63) is 82.3 Å². The normalized spacial score (nSPS) is 12.1. The summed E-state index contributed by atoms with van der Waals surface area (Å²) in [6.45, 7) is 3.59. The molecule has 0 aromatic heterocycles. The molecular weight excluding hydrogens is 459 g/mol. The maximum atomic E-state index is 12.6. The van der Waals surface area contributed by atoms with Crippen LogP contribution >= 0.6 is 23.2 Å². The van der Waals surface area contributed by atoms with Gasteiger partial charge in [0.05, 0.1) is 10.6 Å². The molecule has 2 N–H and O–H groups in total. The van der Waals surface area contributed by atoms with Crippen LogP contribution in [-0.2, 0) is 14.8 Å². The molecular formula is C22H20Cl2N2O4S. The highest BCUT2D eigenvalue weighted by molar-refractivity contribution is 7.92. The molecule has 0 saturated carbocycles. The fraction of sp³-hybridized carbons (Fsp3) is 0.136. The zero-order valence-corrected chi connectivity index (χ0v) is 19.1. The minimum atomic E-state index is -3.86. The number of amides is 1. The number of nitrogens with one attached hydrogen (secondary N) is 2. The van der Waals surface area contributed by atoms with Crippen molar-refractivity contribution in [1.29, 1.82) is 0 Å². The fourth-order valence-corrected chi connectivity index (χ4v) is 4.23. The van der Waals surface area contributed by atoms with Crippen LogP contribution in [0.1, 0.15) is 12.5 Å². The van der Waals surface area contributed by atoms with Gasteiger partial charge in [-0.2, -0.15) is 0 Å². The van der Waals surface area contributed by atoms with Crippen molar-refractivity contribution in [2.24, 2.45) is 0 Å². The van der Waals surface area contributed by atoms with Crippen LogP contribution in [0.25, 0.3) is 0 Å². The fourth-order valence-electron chi connectivity index (χ4n) is 2.66. The van der Waals surface area contributed by atoms with E-state index in [1.807, 2.05) is 19.1 Å². The molecule has 0 aliphatic carbocycles. The highest BCUT2D eigenvalue weighted by Crippen LogP contribution is 2.25. The minimum absolute atomic E-state index is 0.0190. The molecule has 3 aromatic carbocycles. The van der Waals surface area contributed by atoms with Gasteiger partial charge in [-0.3, -0.25) is 9.52 Å². The lowest BCUT2D eigenvalue weighted by Crippen LogP contribution is -2.30. The Bertz CT molecular complexity index is 1160. The summed E-state index contributed by atoms with van der Waals surface area (Å²) in [4.78, 5) is 12.4. The third kappa shape index (κ3) is 6.37. The standard InChI is InChI=1S/C22H20Cl2N2O4S/c1-14-3-7-20(8-4-14)30-15(2)22(27)25-18-5-9-21(10-6-18)31(28,29)26-19-12-16(23)11-17(24)13-19/h3-13,15,26H,1-2H3,(H,25,27). The van der Waals surface area contributed by atoms with Gasteiger partial charge in [-0.15, -0.1) is 0 Å². The van der Waals surface area contributed by atoms with Crippen molar-refractivity contribution in [2.75, 3.05) is 10.0 Å². The van der Waals surface area contributed by atoms with Gasteiger partial charge in [0.2, 0.25) is 0 Å². The van der Waals surface area contributed by atoms with Crippen LogP contribution in [0.2, 0.25) is 10.0 Å². The minimum Gasteiger partial charge on any atom is -0.481 e. The number of sulfonamides is 1. The maximum Gasteiger partial charge on any atom is 0.265 e. The van der Waals surface area contributed by atoms with Gasteiger partial charge in [0.1, 0.15) is 5.75 Å². The van der Waals surface area contributed by atoms with E-state index in [1.54, 1.807) is 19.1 Å². The number of ether oxygens (including phenoxy) is 1. The Morgan fingerprint density at radius 2 is 1.48 bits per heavy atom. The van der Waals surface area contributed by atoms with E-state index in [9.17, 15) is 13.2 Å². The molecule has 0 saturated heterocycles. The zero-order valence-electron chi connectivity index (χ0n) is 16.7. The number of aryl methyl sites for hydroxylation is 1. The van der Waals surface area contributed by atoms with Gasteiger partial charge in [-0.05, 0) is 68.4 Å². The smallest absolute Gasteiger partial charge is 0.265 e. The molecule has 0 fully saturated rings. The molecule has 0 heterocycles. The van der Waals surface area contributed by atoms with Gasteiger partial charge in [0, 0.05) is 15.7 Å². The largest absolute Gasteiger partial charge is 0.481 e. The number of carbonyl (C=O) groups is 1. The summed E-state index contributed by atoms with van der Waals surface area (Å²) in [5.74, 6) is 0.227. The molecule has 3 aromatic rings. The van der Waals surface area contributed by atoms with E-state index in [0.29, 0.717) is 21.5 Å². The van der Waals surface area contributed by atoms with Gasteiger partial charge < -0.3 is 10.1 Å². The van der Waals surface area contributed by atoms with Crippen molar-refractivity contribution in [3.8, 4) is 5.75 Å². The van der Waals surface area contributed by atoms with Gasteiger partial charge in [-0.25, -0.2) is 8.42 Å². The van der Waals surface area contributed by atoms with E-state index in [4.69, 9.17) is 27.9 Å². The Morgan fingerprint density at radius 1 is 0.903 bits per heavy atom. The summed E-state index contributed by atoms with van der Waals surface area (Å²) in [5.41, 5.74) is 1.78. The Kier molecular flexibility index (Phi) is 7.10. The molecule has 162 valence electrons. The zero-order chi connectivity index (χ0) is 22.6. The lowest BCUT2D eigenvalue weighted by molar-refractivity contribution is -0.122. The molecule has 1 unspecified atom stereocenters. The molecule has 0 spiro atoms. The number of rotatable bonds is 7. The summed E-state index contributed by atoms with van der Waals surface area (Å²) in [7, 11) is -3.86. The third-order valence-corrected chi connectivity index (χ3v) is 6.08. The highest BCUT2D eigenvalue weighted by Gasteiger charge is 2.17. The molecule has 0 radical (unpaired) electrons. The van der Waals surface area contributed by atoms with E-state index in [-0.39, 0.29) is 16.5 Å². The van der Waals surface area contributed by atoms with E-state index < -0.39 is 16.1 Å². The molecule has 1 amide bonds. The van der Waals surface area contributed by atoms with Crippen molar-refractivity contribution < 1.29 is 17.9 Å². The van der Waals surface area contributed by atoms with E-state index in [1.165, 1.54) is 42.5 Å². The number of hydrogen-bond acceptors (Lipinski definition) is 4. The maximum absolute atomic E-state index is 12.6. The molecule has 6 nitrogen and oxygen atoms in total. The second-order valence-electron chi connectivity index (χ2n) is 6.85. The van der Waals surface area contributed by atoms with Crippen molar-refractivity contribution in [2.45, 2.75) is 24.8 Å². The van der Waals surface area contributed by atoms with E-state index in [0.717, 1.165) is 5.56 Å². The van der Waals surface area contributed by atoms with Crippen LogP contribution in [0.3, 0.4) is 0 Å². The quantitative estimate of drug-likeness (QED) is 0.468. The van der Waals surface area contributed by atoms with E-state index >= 15 is 0 Å². The van der Waals surface area contributed by atoms with Crippen LogP contribution in [0.4, 0.5) is 11.4 Å². The first kappa shape index (κ1) is 22.9. The number of carbonyl (C=O) groups excluding carboxylic acids is 1. The lowest BCUT2D eigenvalue weighted by atomic mass is 10.2. The Morgan fingerprint density at radius 3 is 2.06 bits per heavy atom. The van der Waals surface area contributed by atoms with Crippen LogP contribution in [0, 0.1) is 6.92 Å². The average Bonchev–Trinajstić information content (AvgIpc) is 2.69. The molecule has 3 rings (SSSR count). The Balaban J connectivity index is 1.64. The number of anilines is 2. The summed E-state index contributed by atoms with van der Waals surface area (Å²) in [6, 6.07) is 17.5. The molecule has 0 aliphatic heterocycles. The molecule has 31 heavy (non-hydrogen) atoms. The average molecular weight is 479 g/mol. The number of halogens is 2. The predicted octanol–water partition coefficient (Wildman–Crippen LogP) is 5.51. The highest BCUT2D eigenvalue weighted by atomic mass is 35.5. The first-order valence-corrected chi connectivity index (χ1v) is 11.5. The summed E-state index contributed by atoms with van der Waals surface area (Å²) >= 11 is 11.8. The van der Waals surface area contributed by atoms with E-state index in [2.05, 4.69) is 10.0 Å². The van der Waals surface area contributed by atoms with Crippen molar-refractivity contribution in [3.63, 3.8) is 0 Å². The van der Waals surface area contributed by atoms with Crippen LogP contribution in [0.5, 0.6) is 5.75 Å². The monoisotopic (exact) mass is 478 g/mol. The first-order chi connectivity index (χ1) is 14.6. The summed E-state index contributed by atoms with van der Waals surface area (Å²) < 4.78 is 33.2. The number of benzene rings is 3. The van der Waals surface area contributed by atoms with Gasteiger partial charge in [0.25, 0.3) is 15.9 Å². The predicted molar refractivity (Wildman–Crippen MR) is 124 cm³/mol. The Labute approximate surface area is 191 Å². The van der Waals surface area contributed by atoms with Crippen LogP contribution < -0.4 is 14.8 Å². The first-order valence-electron chi connectivity index (χ1n) is 9.25. The van der Waals surface area contributed by atoms with Crippen LogP contribution in [0.15, 0.2) is 71.6 Å². The second kappa shape index (κ2) is 9.60. The molecule has 0 aliphatic rings. The Hall–Kier alpha value is -2.74. The lowest BCUT2D eigenvalue weighted by Gasteiger charge is -2.15. The topological polar surface area (TPSA) is 84.5 Å². The number of hydrogen-bond donors (Lipinski definition) is 2. The van der Waals surface area contributed by atoms with Crippen LogP contribution in [-0.4, -0.2) is 20.4 Å². The van der Waals surface area contributed by atoms with Crippen molar-refractivity contribution >= 4 is 50.5 Å². The third-order valence-electron chi connectivity index (χ3n) is 4.25. The summed E-state index contributed by atoms with van der Waals surface area (Å²) in [6.07, 6.45) is -0.736. The molecule has 9 heteroatoms. The van der Waals surface area contributed by atoms with Gasteiger partial charge in [0.15, 0.2) is 6.10 Å². The summed E-state index contributed by atoms with van der Waals surface area (Å²) in [5, 5.41) is 3.32. The molecule has 0 bridgehead atoms. The SMILES string of the molecule is Cc1ccc(OC(C)C(=O)Nc2ccc(S(=O)(=O)Nc3cc(Cl)cc(Cl)c3)cc2)cc1. The van der Waals surface area contributed by atoms with Gasteiger partial charge >= 0.3 is 0 Å². The van der Waals surface area contributed by atoms with Crippen molar-refractivity contribution in [1.82, 2.24) is 0 Å².